The molecule has 0 aliphatic heterocycles. The van der Waals surface area contributed by atoms with Gasteiger partial charge in [0.25, 0.3) is 0 Å². The van der Waals surface area contributed by atoms with Gasteiger partial charge in [-0.3, -0.25) is 0 Å². The maximum Gasteiger partial charge on any atom is 0.140 e. The van der Waals surface area contributed by atoms with Gasteiger partial charge in [-0.15, -0.1) is 0 Å². The number of hydrogen-bond donors (Lipinski definition) is 1. The molecule has 2 rings (SSSR count). The van der Waals surface area contributed by atoms with Crippen LogP contribution in [-0.4, -0.2) is 4.98 Å². The summed E-state index contributed by atoms with van der Waals surface area (Å²) in [5.74, 6) is 0.769. The van der Waals surface area contributed by atoms with E-state index in [9.17, 15) is 0 Å². The van der Waals surface area contributed by atoms with Crippen LogP contribution in [0.1, 0.15) is 29.8 Å². The van der Waals surface area contributed by atoms with Crippen LogP contribution in [-0.2, 0) is 6.61 Å². The molecule has 2 N–H and O–H groups in total. The number of pyridine rings is 1. The molecule has 0 saturated carbocycles. The van der Waals surface area contributed by atoms with Crippen LogP contribution < -0.4 is 10.5 Å². The minimum Gasteiger partial charge on any atom is -0.489 e. The Morgan fingerprint density at radius 3 is 2.95 bits per heavy atom. The molecule has 96 valence electrons. The zero-order chi connectivity index (χ0) is 13.7. The van der Waals surface area contributed by atoms with Crippen molar-refractivity contribution in [3.8, 4) is 11.8 Å². The Balaban J connectivity index is 2.06. The van der Waals surface area contributed by atoms with E-state index in [-0.39, 0.29) is 6.04 Å². The zero-order valence-electron chi connectivity index (χ0n) is 10.7. The number of benzene rings is 1. The fourth-order valence-electron chi connectivity index (χ4n) is 1.68. The molecular weight excluding hydrogens is 238 g/mol. The minimum atomic E-state index is -0.0188. The van der Waals surface area contributed by atoms with Crippen molar-refractivity contribution in [1.82, 2.24) is 4.98 Å². The van der Waals surface area contributed by atoms with E-state index in [1.165, 1.54) is 0 Å². The first kappa shape index (κ1) is 13.1. The first-order valence-electron chi connectivity index (χ1n) is 6.02. The molecule has 0 bridgehead atoms. The number of aromatic nitrogens is 1. The SMILES string of the molecule is C[C@H](N)c1cccc(OCc2ccnc(C#N)c2)c1. The van der Waals surface area contributed by atoms with Crippen molar-refractivity contribution in [3.63, 3.8) is 0 Å². The highest BCUT2D eigenvalue weighted by Crippen LogP contribution is 2.18. The molecule has 1 aromatic carbocycles. The van der Waals surface area contributed by atoms with Gasteiger partial charge in [-0.25, -0.2) is 4.98 Å². The molecule has 0 spiro atoms. The highest BCUT2D eigenvalue weighted by atomic mass is 16.5. The number of nitrogens with zero attached hydrogens (tertiary/aromatic N) is 2. The van der Waals surface area contributed by atoms with E-state index in [1.54, 1.807) is 12.3 Å². The van der Waals surface area contributed by atoms with Gasteiger partial charge in [-0.2, -0.15) is 5.26 Å². The van der Waals surface area contributed by atoms with E-state index < -0.39 is 0 Å². The Bertz CT molecular complexity index is 602. The van der Waals surface area contributed by atoms with E-state index in [1.807, 2.05) is 43.3 Å². The van der Waals surface area contributed by atoms with Crippen LogP contribution in [0.2, 0.25) is 0 Å². The Morgan fingerprint density at radius 1 is 1.37 bits per heavy atom. The number of nitrogens with two attached hydrogens (primary N) is 1. The lowest BCUT2D eigenvalue weighted by atomic mass is 10.1. The zero-order valence-corrected chi connectivity index (χ0v) is 10.7. The van der Waals surface area contributed by atoms with Crippen molar-refractivity contribution in [2.45, 2.75) is 19.6 Å². The van der Waals surface area contributed by atoms with Crippen LogP contribution in [0.5, 0.6) is 5.75 Å². The molecule has 4 nitrogen and oxygen atoms in total. The average Bonchev–Trinajstić information content (AvgIpc) is 2.45. The Morgan fingerprint density at radius 2 is 2.21 bits per heavy atom. The van der Waals surface area contributed by atoms with Gasteiger partial charge in [0.1, 0.15) is 24.1 Å². The second kappa shape index (κ2) is 5.98. The molecule has 0 unspecified atom stereocenters. The van der Waals surface area contributed by atoms with Crippen molar-refractivity contribution in [2.75, 3.05) is 0 Å². The summed E-state index contributed by atoms with van der Waals surface area (Å²) in [4.78, 5) is 3.92. The molecule has 0 amide bonds. The average molecular weight is 253 g/mol. The van der Waals surface area contributed by atoms with Crippen molar-refractivity contribution in [3.05, 3.63) is 59.4 Å². The largest absolute Gasteiger partial charge is 0.489 e. The molecule has 0 fully saturated rings. The van der Waals surface area contributed by atoms with Crippen molar-refractivity contribution in [1.29, 1.82) is 5.26 Å². The van der Waals surface area contributed by atoms with Gasteiger partial charge in [0.15, 0.2) is 0 Å². The van der Waals surface area contributed by atoms with E-state index in [0.717, 1.165) is 16.9 Å². The van der Waals surface area contributed by atoms with Crippen molar-refractivity contribution < 1.29 is 4.74 Å². The molecule has 0 saturated heterocycles. The molecule has 2 aromatic rings. The second-order valence-corrected chi connectivity index (χ2v) is 4.31. The topological polar surface area (TPSA) is 71.9 Å². The number of nitriles is 1. The molecule has 0 aliphatic rings. The van der Waals surface area contributed by atoms with Gasteiger partial charge in [-0.05, 0) is 42.3 Å². The number of hydrogen-bond acceptors (Lipinski definition) is 4. The smallest absolute Gasteiger partial charge is 0.140 e. The van der Waals surface area contributed by atoms with Gasteiger partial charge in [0.05, 0.1) is 0 Å². The predicted molar refractivity (Wildman–Crippen MR) is 72.3 cm³/mol. The maximum atomic E-state index is 8.78. The Labute approximate surface area is 112 Å². The maximum absolute atomic E-state index is 8.78. The molecule has 1 heterocycles. The highest BCUT2D eigenvalue weighted by molar-refractivity contribution is 5.31. The molecule has 19 heavy (non-hydrogen) atoms. The summed E-state index contributed by atoms with van der Waals surface area (Å²) in [5.41, 5.74) is 8.17. The molecule has 0 aliphatic carbocycles. The summed E-state index contributed by atoms with van der Waals surface area (Å²) in [6.45, 7) is 2.33. The molecule has 4 heteroatoms. The number of rotatable bonds is 4. The summed E-state index contributed by atoms with van der Waals surface area (Å²) in [5, 5.41) is 8.78. The van der Waals surface area contributed by atoms with Crippen LogP contribution >= 0.6 is 0 Å². The van der Waals surface area contributed by atoms with Crippen LogP contribution in [0.25, 0.3) is 0 Å². The monoisotopic (exact) mass is 253 g/mol. The van der Waals surface area contributed by atoms with E-state index >= 15 is 0 Å². The van der Waals surface area contributed by atoms with Gasteiger partial charge >= 0.3 is 0 Å². The van der Waals surface area contributed by atoms with E-state index in [4.69, 9.17) is 15.7 Å². The van der Waals surface area contributed by atoms with Gasteiger partial charge in [0.2, 0.25) is 0 Å². The van der Waals surface area contributed by atoms with Gasteiger partial charge in [0, 0.05) is 12.2 Å². The Kier molecular flexibility index (Phi) is 4.11. The van der Waals surface area contributed by atoms with Gasteiger partial charge < -0.3 is 10.5 Å². The fourth-order valence-corrected chi connectivity index (χ4v) is 1.68. The van der Waals surface area contributed by atoms with E-state index in [0.29, 0.717) is 12.3 Å². The summed E-state index contributed by atoms with van der Waals surface area (Å²) >= 11 is 0. The normalized spacial score (nSPS) is 11.6. The Hall–Kier alpha value is -2.38. The van der Waals surface area contributed by atoms with Crippen molar-refractivity contribution >= 4 is 0 Å². The standard InChI is InChI=1S/C15H15N3O/c1-11(17)13-3-2-4-15(8-13)19-10-12-5-6-18-14(7-12)9-16/h2-8,11H,10,17H2,1H3/t11-/m0/s1. The summed E-state index contributed by atoms with van der Waals surface area (Å²) in [6.07, 6.45) is 1.61. The lowest BCUT2D eigenvalue weighted by Gasteiger charge is -2.10. The molecule has 1 atom stereocenters. The van der Waals surface area contributed by atoms with Crippen LogP contribution in [0.3, 0.4) is 0 Å². The van der Waals surface area contributed by atoms with Crippen LogP contribution in [0, 0.1) is 11.3 Å². The number of ether oxygens (including phenoxy) is 1. The minimum absolute atomic E-state index is 0.0188. The molecule has 1 aromatic heterocycles. The predicted octanol–water partition coefficient (Wildman–Crippen LogP) is 2.55. The fraction of sp³-hybridized carbons (Fsp3) is 0.200. The quantitative estimate of drug-likeness (QED) is 0.908. The molecular formula is C15H15N3O. The third kappa shape index (κ3) is 3.54. The van der Waals surface area contributed by atoms with E-state index in [2.05, 4.69) is 4.98 Å². The third-order valence-corrected chi connectivity index (χ3v) is 2.73. The van der Waals surface area contributed by atoms with Crippen LogP contribution in [0.15, 0.2) is 42.6 Å². The summed E-state index contributed by atoms with van der Waals surface area (Å²) in [7, 11) is 0. The van der Waals surface area contributed by atoms with Crippen LogP contribution in [0.4, 0.5) is 0 Å². The first-order valence-corrected chi connectivity index (χ1v) is 6.02. The third-order valence-electron chi connectivity index (χ3n) is 2.73. The highest BCUT2D eigenvalue weighted by Gasteiger charge is 2.02. The first-order chi connectivity index (χ1) is 9.19. The second-order valence-electron chi connectivity index (χ2n) is 4.31. The lowest BCUT2D eigenvalue weighted by Crippen LogP contribution is -2.05. The lowest BCUT2D eigenvalue weighted by molar-refractivity contribution is 0.305. The summed E-state index contributed by atoms with van der Waals surface area (Å²) < 4.78 is 5.69. The van der Waals surface area contributed by atoms with Crippen molar-refractivity contribution in [2.24, 2.45) is 5.73 Å². The summed E-state index contributed by atoms with van der Waals surface area (Å²) in [6, 6.07) is 13.2. The molecule has 0 radical (unpaired) electrons. The van der Waals surface area contributed by atoms with Gasteiger partial charge in [-0.1, -0.05) is 12.1 Å².